The summed E-state index contributed by atoms with van der Waals surface area (Å²) >= 11 is 5.91. The van der Waals surface area contributed by atoms with Crippen LogP contribution < -0.4 is 10.2 Å². The molecule has 5 heteroatoms. The Morgan fingerprint density at radius 3 is 2.70 bits per heavy atom. The number of nitrogens with zero attached hydrogens (tertiary/aromatic N) is 1. The summed E-state index contributed by atoms with van der Waals surface area (Å²) < 4.78 is 0. The molecule has 2 aromatic carbocycles. The fraction of sp³-hybridized carbons (Fsp3) is 0.222. The van der Waals surface area contributed by atoms with Crippen molar-refractivity contribution in [2.75, 3.05) is 16.8 Å². The summed E-state index contributed by atoms with van der Waals surface area (Å²) in [5.74, 6) is -0.0933. The Morgan fingerprint density at radius 2 is 1.91 bits per heavy atom. The summed E-state index contributed by atoms with van der Waals surface area (Å²) in [6, 6.07) is 14.1. The van der Waals surface area contributed by atoms with Crippen LogP contribution >= 0.6 is 11.6 Å². The van der Waals surface area contributed by atoms with E-state index in [1.807, 2.05) is 18.2 Å². The molecule has 0 aliphatic carbocycles. The lowest BCUT2D eigenvalue weighted by molar-refractivity contribution is -0.119. The van der Waals surface area contributed by atoms with Crippen molar-refractivity contribution in [1.82, 2.24) is 0 Å². The molecule has 3 rings (SSSR count). The minimum Gasteiger partial charge on any atom is -0.322 e. The lowest BCUT2D eigenvalue weighted by Gasteiger charge is -2.27. The van der Waals surface area contributed by atoms with Gasteiger partial charge in [-0.05, 0) is 49.2 Å². The molecule has 2 amide bonds. The molecule has 0 unspecified atom stereocenters. The lowest BCUT2D eigenvalue weighted by Crippen LogP contribution is -2.35. The highest BCUT2D eigenvalue weighted by atomic mass is 35.5. The number of nitrogens with one attached hydrogen (secondary N) is 1. The number of carbonyl (C=O) groups is 2. The smallest absolute Gasteiger partial charge is 0.255 e. The summed E-state index contributed by atoms with van der Waals surface area (Å²) in [5, 5.41) is 3.36. The third kappa shape index (κ3) is 3.71. The fourth-order valence-electron chi connectivity index (χ4n) is 2.66. The molecule has 1 N–H and O–H groups in total. The molecule has 4 nitrogen and oxygen atoms in total. The SMILES string of the molecule is O=C(Nc1cccc(N2CCCCC2=O)c1)c1cccc(Cl)c1. The van der Waals surface area contributed by atoms with Gasteiger partial charge >= 0.3 is 0 Å². The van der Waals surface area contributed by atoms with E-state index in [1.54, 1.807) is 35.2 Å². The van der Waals surface area contributed by atoms with Crippen LogP contribution in [0.25, 0.3) is 0 Å². The van der Waals surface area contributed by atoms with Crippen molar-refractivity contribution in [3.63, 3.8) is 0 Å². The number of carbonyl (C=O) groups excluding carboxylic acids is 2. The molecule has 0 atom stereocenters. The Labute approximate surface area is 140 Å². The molecule has 0 radical (unpaired) electrons. The minimum absolute atomic E-state index is 0.134. The first-order valence-electron chi connectivity index (χ1n) is 7.61. The molecule has 2 aromatic rings. The van der Waals surface area contributed by atoms with Gasteiger partial charge in [0.1, 0.15) is 0 Å². The number of benzene rings is 2. The number of amides is 2. The van der Waals surface area contributed by atoms with Crippen molar-refractivity contribution < 1.29 is 9.59 Å². The molecule has 1 fully saturated rings. The number of hydrogen-bond donors (Lipinski definition) is 1. The van der Waals surface area contributed by atoms with Gasteiger partial charge in [-0.1, -0.05) is 23.7 Å². The van der Waals surface area contributed by atoms with E-state index in [9.17, 15) is 9.59 Å². The van der Waals surface area contributed by atoms with Crippen LogP contribution in [0.3, 0.4) is 0 Å². The Bertz CT molecular complexity index is 745. The van der Waals surface area contributed by atoms with Crippen LogP contribution in [-0.2, 0) is 4.79 Å². The molecule has 118 valence electrons. The van der Waals surface area contributed by atoms with Crippen molar-refractivity contribution in [3.05, 3.63) is 59.1 Å². The van der Waals surface area contributed by atoms with Gasteiger partial charge in [-0.15, -0.1) is 0 Å². The number of rotatable bonds is 3. The van der Waals surface area contributed by atoms with Crippen LogP contribution in [0.4, 0.5) is 11.4 Å². The topological polar surface area (TPSA) is 49.4 Å². The fourth-order valence-corrected chi connectivity index (χ4v) is 2.85. The number of piperidine rings is 1. The molecular formula is C18H17ClN2O2. The van der Waals surface area contributed by atoms with Crippen LogP contribution in [0.1, 0.15) is 29.6 Å². The second kappa shape index (κ2) is 6.84. The van der Waals surface area contributed by atoms with Gasteiger partial charge in [-0.25, -0.2) is 0 Å². The van der Waals surface area contributed by atoms with E-state index in [0.29, 0.717) is 22.7 Å². The van der Waals surface area contributed by atoms with Crippen LogP contribution in [0.5, 0.6) is 0 Å². The monoisotopic (exact) mass is 328 g/mol. The molecule has 1 heterocycles. The molecule has 0 bridgehead atoms. The van der Waals surface area contributed by atoms with Crippen molar-refractivity contribution >= 4 is 34.8 Å². The van der Waals surface area contributed by atoms with Crippen LogP contribution in [0.2, 0.25) is 5.02 Å². The predicted octanol–water partition coefficient (Wildman–Crippen LogP) is 4.11. The van der Waals surface area contributed by atoms with Gasteiger partial charge in [0.05, 0.1) is 0 Å². The third-order valence-electron chi connectivity index (χ3n) is 3.83. The first-order chi connectivity index (χ1) is 11.1. The number of anilines is 2. The quantitative estimate of drug-likeness (QED) is 0.921. The molecule has 0 aromatic heterocycles. The Balaban J connectivity index is 1.77. The summed E-state index contributed by atoms with van der Waals surface area (Å²) in [4.78, 5) is 26.1. The van der Waals surface area contributed by atoms with E-state index in [4.69, 9.17) is 11.6 Å². The Kier molecular flexibility index (Phi) is 4.63. The van der Waals surface area contributed by atoms with E-state index in [-0.39, 0.29) is 11.8 Å². The zero-order valence-corrected chi connectivity index (χ0v) is 13.3. The second-order valence-electron chi connectivity index (χ2n) is 5.52. The highest BCUT2D eigenvalue weighted by molar-refractivity contribution is 6.31. The first kappa shape index (κ1) is 15.6. The maximum absolute atomic E-state index is 12.3. The lowest BCUT2D eigenvalue weighted by atomic mass is 10.1. The molecule has 1 aliphatic rings. The van der Waals surface area contributed by atoms with E-state index in [2.05, 4.69) is 5.32 Å². The summed E-state index contributed by atoms with van der Waals surface area (Å²) in [5.41, 5.74) is 1.97. The van der Waals surface area contributed by atoms with Gasteiger partial charge in [-0.2, -0.15) is 0 Å². The second-order valence-corrected chi connectivity index (χ2v) is 5.95. The Hall–Kier alpha value is -2.33. The van der Waals surface area contributed by atoms with Gasteiger partial charge in [0, 0.05) is 34.9 Å². The Morgan fingerprint density at radius 1 is 1.09 bits per heavy atom. The van der Waals surface area contributed by atoms with Crippen molar-refractivity contribution in [1.29, 1.82) is 0 Å². The zero-order valence-electron chi connectivity index (χ0n) is 12.6. The van der Waals surface area contributed by atoms with Gasteiger partial charge in [0.2, 0.25) is 5.91 Å². The van der Waals surface area contributed by atoms with E-state index >= 15 is 0 Å². The molecule has 23 heavy (non-hydrogen) atoms. The summed E-state index contributed by atoms with van der Waals surface area (Å²) in [6.07, 6.45) is 2.53. The average Bonchev–Trinajstić information content (AvgIpc) is 2.55. The molecular weight excluding hydrogens is 312 g/mol. The van der Waals surface area contributed by atoms with E-state index in [0.717, 1.165) is 25.1 Å². The predicted molar refractivity (Wildman–Crippen MR) is 92.1 cm³/mol. The van der Waals surface area contributed by atoms with E-state index < -0.39 is 0 Å². The van der Waals surface area contributed by atoms with Crippen LogP contribution in [0, 0.1) is 0 Å². The largest absolute Gasteiger partial charge is 0.322 e. The van der Waals surface area contributed by atoms with E-state index in [1.165, 1.54) is 0 Å². The van der Waals surface area contributed by atoms with Gasteiger partial charge in [0.15, 0.2) is 0 Å². The summed E-state index contributed by atoms with van der Waals surface area (Å²) in [6.45, 7) is 0.727. The zero-order chi connectivity index (χ0) is 16.2. The highest BCUT2D eigenvalue weighted by Crippen LogP contribution is 2.24. The molecule has 1 saturated heterocycles. The first-order valence-corrected chi connectivity index (χ1v) is 7.98. The number of halogens is 1. The number of hydrogen-bond acceptors (Lipinski definition) is 2. The van der Waals surface area contributed by atoms with Gasteiger partial charge in [0.25, 0.3) is 5.91 Å². The van der Waals surface area contributed by atoms with Crippen LogP contribution in [0.15, 0.2) is 48.5 Å². The third-order valence-corrected chi connectivity index (χ3v) is 4.06. The van der Waals surface area contributed by atoms with Crippen molar-refractivity contribution in [2.45, 2.75) is 19.3 Å². The molecule has 0 saturated carbocycles. The maximum atomic E-state index is 12.3. The molecule has 1 aliphatic heterocycles. The van der Waals surface area contributed by atoms with Crippen molar-refractivity contribution in [2.24, 2.45) is 0 Å². The standard InChI is InChI=1S/C18H17ClN2O2/c19-14-6-3-5-13(11-14)18(23)20-15-7-4-8-16(12-15)21-10-2-1-9-17(21)22/h3-8,11-12H,1-2,9-10H2,(H,20,23). The van der Waals surface area contributed by atoms with Gasteiger partial charge < -0.3 is 10.2 Å². The maximum Gasteiger partial charge on any atom is 0.255 e. The molecule has 0 spiro atoms. The summed E-state index contributed by atoms with van der Waals surface area (Å²) in [7, 11) is 0. The van der Waals surface area contributed by atoms with Gasteiger partial charge in [-0.3, -0.25) is 9.59 Å². The average molecular weight is 329 g/mol. The van der Waals surface area contributed by atoms with Crippen molar-refractivity contribution in [3.8, 4) is 0 Å². The normalized spacial score (nSPS) is 14.7. The van der Waals surface area contributed by atoms with Crippen LogP contribution in [-0.4, -0.2) is 18.4 Å². The highest BCUT2D eigenvalue weighted by Gasteiger charge is 2.19. The minimum atomic E-state index is -0.227.